The van der Waals surface area contributed by atoms with Crippen LogP contribution in [0.3, 0.4) is 0 Å². The summed E-state index contributed by atoms with van der Waals surface area (Å²) < 4.78 is 0. The van der Waals surface area contributed by atoms with Gasteiger partial charge in [-0.05, 0) is 0 Å². The predicted octanol–water partition coefficient (Wildman–Crippen LogP) is -0.963. The topological polar surface area (TPSA) is 99.6 Å². The minimum absolute atomic E-state index is 0.135. The average molecular weight is 110 g/mol. The van der Waals surface area contributed by atoms with Gasteiger partial charge in [-0.25, -0.2) is 0 Å². The van der Waals surface area contributed by atoms with E-state index >= 15 is 0 Å². The summed E-state index contributed by atoms with van der Waals surface area (Å²) in [5.74, 6) is 0. The van der Waals surface area contributed by atoms with Crippen LogP contribution >= 0.6 is 0 Å². The van der Waals surface area contributed by atoms with Crippen molar-refractivity contribution in [3.63, 3.8) is 0 Å². The van der Waals surface area contributed by atoms with Crippen molar-refractivity contribution in [1.82, 2.24) is 0 Å². The van der Waals surface area contributed by atoms with Gasteiger partial charge in [0.25, 0.3) is 0 Å². The molecule has 0 atom stereocenters. The normalized spacial score (nSPS) is 9.50. The van der Waals surface area contributed by atoms with Gasteiger partial charge in [0, 0.05) is 0 Å². The zero-order valence-corrected chi connectivity index (χ0v) is 4.26. The van der Waals surface area contributed by atoms with Crippen molar-refractivity contribution in [2.45, 2.75) is 12.1 Å². The molecule has 0 spiro atoms. The van der Waals surface area contributed by atoms with Crippen LogP contribution in [-0.4, -0.2) is 5.66 Å². The second-order valence-electron chi connectivity index (χ2n) is 1.49. The molecule has 0 rings (SSSR count). The van der Waals surface area contributed by atoms with Crippen molar-refractivity contribution in [3.8, 4) is 12.1 Å². The highest BCUT2D eigenvalue weighted by molar-refractivity contribution is 5.04. The third-order valence-electron chi connectivity index (χ3n) is 0.580. The van der Waals surface area contributed by atoms with Gasteiger partial charge in [0.2, 0.25) is 0 Å². The summed E-state index contributed by atoms with van der Waals surface area (Å²) in [6, 6.07) is 3.26. The minimum Gasteiger partial charge on any atom is -0.301 e. The molecule has 0 unspecified atom stereocenters. The van der Waals surface area contributed by atoms with Crippen LogP contribution < -0.4 is 11.5 Å². The highest BCUT2D eigenvalue weighted by atomic mass is 14.9. The van der Waals surface area contributed by atoms with E-state index in [2.05, 4.69) is 0 Å². The molecule has 42 valence electrons. The number of nitrogens with two attached hydrogens (primary N) is 2. The van der Waals surface area contributed by atoms with Gasteiger partial charge in [-0.2, -0.15) is 10.5 Å². The Bertz CT molecular complexity index is 146. The molecular weight excluding hydrogens is 104 g/mol. The van der Waals surface area contributed by atoms with Gasteiger partial charge in [-0.15, -0.1) is 0 Å². The molecule has 0 radical (unpaired) electrons. The first-order valence-electron chi connectivity index (χ1n) is 1.98. The van der Waals surface area contributed by atoms with Crippen molar-refractivity contribution in [2.24, 2.45) is 11.5 Å². The van der Waals surface area contributed by atoms with Gasteiger partial charge in [0.1, 0.15) is 6.07 Å². The maximum absolute atomic E-state index is 8.07. The van der Waals surface area contributed by atoms with Crippen LogP contribution in [-0.2, 0) is 0 Å². The van der Waals surface area contributed by atoms with Crippen LogP contribution in [0.15, 0.2) is 0 Å². The molecule has 0 aromatic rings. The molecule has 0 aliphatic carbocycles. The van der Waals surface area contributed by atoms with Crippen LogP contribution in [0.25, 0.3) is 0 Å². The molecule has 4 heteroatoms. The minimum atomic E-state index is -1.46. The lowest BCUT2D eigenvalue weighted by atomic mass is 10.2. The lowest BCUT2D eigenvalue weighted by Gasteiger charge is -2.07. The predicted molar refractivity (Wildman–Crippen MR) is 26.9 cm³/mol. The lowest BCUT2D eigenvalue weighted by molar-refractivity contribution is 0.582. The Labute approximate surface area is 47.3 Å². The largest absolute Gasteiger partial charge is 0.301 e. The molecular formula is C4H6N4. The van der Waals surface area contributed by atoms with Gasteiger partial charge in [0.15, 0.2) is 5.66 Å². The van der Waals surface area contributed by atoms with E-state index in [1.54, 1.807) is 12.1 Å². The van der Waals surface area contributed by atoms with Crippen LogP contribution in [0.2, 0.25) is 0 Å². The van der Waals surface area contributed by atoms with Gasteiger partial charge >= 0.3 is 0 Å². The highest BCUT2D eigenvalue weighted by Gasteiger charge is 2.15. The van der Waals surface area contributed by atoms with Crippen molar-refractivity contribution in [1.29, 1.82) is 10.5 Å². The van der Waals surface area contributed by atoms with Gasteiger partial charge < -0.3 is 11.5 Å². The van der Waals surface area contributed by atoms with Crippen LogP contribution in [0.1, 0.15) is 6.42 Å². The Kier molecular flexibility index (Phi) is 1.96. The zero-order valence-electron chi connectivity index (χ0n) is 4.26. The fourth-order valence-electron chi connectivity index (χ4n) is 0.170. The third-order valence-corrected chi connectivity index (χ3v) is 0.580. The van der Waals surface area contributed by atoms with E-state index in [1.807, 2.05) is 0 Å². The molecule has 0 fully saturated rings. The summed E-state index contributed by atoms with van der Waals surface area (Å²) in [6.45, 7) is 0. The summed E-state index contributed by atoms with van der Waals surface area (Å²) in [7, 11) is 0. The fourth-order valence-corrected chi connectivity index (χ4v) is 0.170. The van der Waals surface area contributed by atoms with Crippen molar-refractivity contribution < 1.29 is 0 Å². The number of nitrogens with zero attached hydrogens (tertiary/aromatic N) is 2. The Hall–Kier alpha value is -1.10. The molecule has 0 saturated carbocycles. The maximum Gasteiger partial charge on any atom is 0.167 e. The van der Waals surface area contributed by atoms with Gasteiger partial charge in [-0.1, -0.05) is 0 Å². The molecule has 0 aliphatic rings. The molecule has 0 aromatic heterocycles. The maximum atomic E-state index is 8.07. The van der Waals surface area contributed by atoms with Crippen LogP contribution in [0.5, 0.6) is 0 Å². The quantitative estimate of drug-likeness (QED) is 0.424. The van der Waals surface area contributed by atoms with Crippen LogP contribution in [0.4, 0.5) is 0 Å². The molecule has 0 bridgehead atoms. The molecule has 4 N–H and O–H groups in total. The Morgan fingerprint density at radius 2 is 1.88 bits per heavy atom. The Balaban J connectivity index is 3.82. The van der Waals surface area contributed by atoms with E-state index in [1.165, 1.54) is 0 Å². The smallest absolute Gasteiger partial charge is 0.167 e. The first kappa shape index (κ1) is 6.90. The van der Waals surface area contributed by atoms with E-state index in [0.717, 1.165) is 0 Å². The molecule has 0 amide bonds. The lowest BCUT2D eigenvalue weighted by Crippen LogP contribution is -2.47. The molecule has 0 heterocycles. The molecule has 0 aliphatic heterocycles. The SMILES string of the molecule is N#CCC(N)(N)C#N. The van der Waals surface area contributed by atoms with E-state index in [9.17, 15) is 0 Å². The molecule has 0 aromatic carbocycles. The monoisotopic (exact) mass is 110 g/mol. The molecule has 8 heavy (non-hydrogen) atoms. The zero-order chi connectivity index (χ0) is 6.62. The van der Waals surface area contributed by atoms with E-state index in [4.69, 9.17) is 22.0 Å². The van der Waals surface area contributed by atoms with Crippen molar-refractivity contribution in [2.75, 3.05) is 0 Å². The van der Waals surface area contributed by atoms with Gasteiger partial charge in [-0.3, -0.25) is 0 Å². The van der Waals surface area contributed by atoms with E-state index in [-0.39, 0.29) is 6.42 Å². The second-order valence-corrected chi connectivity index (χ2v) is 1.49. The summed E-state index contributed by atoms with van der Waals surface area (Å²) >= 11 is 0. The first-order chi connectivity index (χ1) is 3.62. The van der Waals surface area contributed by atoms with Crippen LogP contribution in [0, 0.1) is 22.7 Å². The Morgan fingerprint density at radius 3 is 2.00 bits per heavy atom. The summed E-state index contributed by atoms with van der Waals surface area (Å²) in [6.07, 6.45) is -0.135. The second kappa shape index (κ2) is 2.27. The number of hydrogen-bond donors (Lipinski definition) is 2. The molecule has 4 nitrogen and oxygen atoms in total. The molecule has 0 saturated heterocycles. The van der Waals surface area contributed by atoms with Crippen molar-refractivity contribution >= 4 is 0 Å². The fraction of sp³-hybridized carbons (Fsp3) is 0.500. The number of rotatable bonds is 1. The van der Waals surface area contributed by atoms with E-state index in [0.29, 0.717) is 0 Å². The highest BCUT2D eigenvalue weighted by Crippen LogP contribution is 1.91. The van der Waals surface area contributed by atoms with E-state index < -0.39 is 5.66 Å². The van der Waals surface area contributed by atoms with Gasteiger partial charge in [0.05, 0.1) is 12.5 Å². The summed E-state index contributed by atoms with van der Waals surface area (Å²) in [4.78, 5) is 0. The summed E-state index contributed by atoms with van der Waals surface area (Å²) in [5.41, 5.74) is 8.58. The number of hydrogen-bond acceptors (Lipinski definition) is 4. The third kappa shape index (κ3) is 2.14. The first-order valence-corrected chi connectivity index (χ1v) is 1.98. The average Bonchev–Trinajstić information content (AvgIpc) is 1.67. The van der Waals surface area contributed by atoms with Crippen molar-refractivity contribution in [3.05, 3.63) is 0 Å². The standard InChI is InChI=1S/C4H6N4/c5-2-1-4(7,8)3-6/h1,7-8H2. The Morgan fingerprint density at radius 1 is 1.38 bits per heavy atom. The summed E-state index contributed by atoms with van der Waals surface area (Å²) in [5, 5.41) is 16.0. The number of nitriles is 2.